The third-order valence-corrected chi connectivity index (χ3v) is 2.48. The molecule has 16 heavy (non-hydrogen) atoms. The van der Waals surface area contributed by atoms with Gasteiger partial charge < -0.3 is 21.3 Å². The molecule has 0 heterocycles. The molecule has 1 atom stereocenters. The van der Waals surface area contributed by atoms with Gasteiger partial charge in [-0.15, -0.1) is 0 Å². The second kappa shape index (κ2) is 10.7. The minimum Gasteiger partial charge on any atom is -0.396 e. The number of nitrogens with zero attached hydrogens (tertiary/aromatic N) is 1. The zero-order chi connectivity index (χ0) is 12.2. The molecule has 0 aliphatic rings. The number of aliphatic hydroxyl groups is 1. The van der Waals surface area contributed by atoms with Gasteiger partial charge in [0, 0.05) is 26.2 Å². The molecular weight excluding hydrogens is 206 g/mol. The number of hydrogen-bond donors (Lipinski definition) is 3. The van der Waals surface area contributed by atoms with Crippen molar-refractivity contribution in [1.29, 1.82) is 0 Å². The van der Waals surface area contributed by atoms with Gasteiger partial charge in [0.15, 0.2) is 5.96 Å². The number of aliphatic hydroxyl groups excluding tert-OH is 1. The summed E-state index contributed by atoms with van der Waals surface area (Å²) in [5.41, 5.74) is 10.4. The third kappa shape index (κ3) is 9.73. The standard InChI is InChI=1S/C11H25N3O2/c1-16-9-10(8-15)6-4-2-3-5-7-14-11(12)13/h10,15H,2-9H2,1H3,(H4,12,13,14). The monoisotopic (exact) mass is 231 g/mol. The molecule has 0 rings (SSSR count). The van der Waals surface area contributed by atoms with Gasteiger partial charge in [0.25, 0.3) is 0 Å². The van der Waals surface area contributed by atoms with Gasteiger partial charge >= 0.3 is 0 Å². The summed E-state index contributed by atoms with van der Waals surface area (Å²) in [5.74, 6) is 0.447. The van der Waals surface area contributed by atoms with E-state index in [1.54, 1.807) is 7.11 Å². The quantitative estimate of drug-likeness (QED) is 0.289. The number of rotatable bonds is 10. The van der Waals surface area contributed by atoms with Crippen molar-refractivity contribution in [2.24, 2.45) is 22.4 Å². The fourth-order valence-electron chi connectivity index (χ4n) is 1.57. The molecule has 5 heteroatoms. The van der Waals surface area contributed by atoms with Crippen LogP contribution in [0.1, 0.15) is 32.1 Å². The topological polar surface area (TPSA) is 93.9 Å². The smallest absolute Gasteiger partial charge is 0.185 e. The lowest BCUT2D eigenvalue weighted by molar-refractivity contribution is 0.103. The molecule has 0 radical (unpaired) electrons. The molecule has 0 aromatic carbocycles. The number of aliphatic imine (C=N–C) groups is 1. The molecule has 0 aliphatic heterocycles. The SMILES string of the molecule is COCC(CO)CCCCCCN=C(N)N. The minimum atomic E-state index is 0.167. The predicted molar refractivity (Wildman–Crippen MR) is 66.2 cm³/mol. The highest BCUT2D eigenvalue weighted by Gasteiger charge is 2.05. The zero-order valence-electron chi connectivity index (χ0n) is 10.2. The Bertz CT molecular complexity index is 182. The predicted octanol–water partition coefficient (Wildman–Crippen LogP) is 0.465. The summed E-state index contributed by atoms with van der Waals surface area (Å²) in [6, 6.07) is 0. The molecule has 5 N–H and O–H groups in total. The summed E-state index contributed by atoms with van der Waals surface area (Å²) < 4.78 is 5.01. The summed E-state index contributed by atoms with van der Waals surface area (Å²) in [7, 11) is 1.66. The highest BCUT2D eigenvalue weighted by Crippen LogP contribution is 2.10. The van der Waals surface area contributed by atoms with E-state index in [0.29, 0.717) is 13.2 Å². The molecule has 0 spiro atoms. The van der Waals surface area contributed by atoms with Crippen molar-refractivity contribution in [3.05, 3.63) is 0 Å². The van der Waals surface area contributed by atoms with E-state index in [-0.39, 0.29) is 18.5 Å². The maximum Gasteiger partial charge on any atom is 0.185 e. The van der Waals surface area contributed by atoms with Gasteiger partial charge in [0.2, 0.25) is 0 Å². The van der Waals surface area contributed by atoms with Crippen LogP contribution in [0, 0.1) is 5.92 Å². The van der Waals surface area contributed by atoms with Gasteiger partial charge in [0.1, 0.15) is 0 Å². The number of methoxy groups -OCH3 is 1. The van der Waals surface area contributed by atoms with Crippen LogP contribution in [0.25, 0.3) is 0 Å². The van der Waals surface area contributed by atoms with Gasteiger partial charge in [0.05, 0.1) is 6.61 Å². The van der Waals surface area contributed by atoms with Gasteiger partial charge in [-0.3, -0.25) is 4.99 Å². The lowest BCUT2D eigenvalue weighted by Gasteiger charge is -2.12. The van der Waals surface area contributed by atoms with Crippen LogP contribution in [0.4, 0.5) is 0 Å². The van der Waals surface area contributed by atoms with E-state index in [1.807, 2.05) is 0 Å². The number of hydrogen-bond acceptors (Lipinski definition) is 3. The van der Waals surface area contributed by atoms with E-state index in [1.165, 1.54) is 0 Å². The lowest BCUT2D eigenvalue weighted by atomic mass is 10.0. The van der Waals surface area contributed by atoms with Crippen molar-refractivity contribution in [2.75, 3.05) is 26.9 Å². The van der Waals surface area contributed by atoms with E-state index in [9.17, 15) is 0 Å². The van der Waals surface area contributed by atoms with Gasteiger partial charge in [-0.2, -0.15) is 0 Å². The molecular formula is C11H25N3O2. The Labute approximate surface area is 97.9 Å². The molecule has 0 aromatic rings. The zero-order valence-corrected chi connectivity index (χ0v) is 10.2. The van der Waals surface area contributed by atoms with Crippen LogP contribution in [0.15, 0.2) is 4.99 Å². The average molecular weight is 231 g/mol. The third-order valence-electron chi connectivity index (χ3n) is 2.48. The Hall–Kier alpha value is -0.810. The minimum absolute atomic E-state index is 0.167. The molecule has 0 amide bonds. The van der Waals surface area contributed by atoms with Crippen LogP contribution in [0.3, 0.4) is 0 Å². The van der Waals surface area contributed by atoms with Crippen LogP contribution in [-0.2, 0) is 4.74 Å². The second-order valence-electron chi connectivity index (χ2n) is 4.01. The Kier molecular flexibility index (Phi) is 10.2. The highest BCUT2D eigenvalue weighted by molar-refractivity contribution is 5.75. The summed E-state index contributed by atoms with van der Waals surface area (Å²) >= 11 is 0. The largest absolute Gasteiger partial charge is 0.396 e. The van der Waals surface area contributed by atoms with Crippen molar-refractivity contribution in [1.82, 2.24) is 0 Å². The number of ether oxygens (including phenoxy) is 1. The van der Waals surface area contributed by atoms with Gasteiger partial charge in [-0.1, -0.05) is 19.3 Å². The first-order chi connectivity index (χ1) is 7.70. The number of guanidine groups is 1. The second-order valence-corrected chi connectivity index (χ2v) is 4.01. The first-order valence-electron chi connectivity index (χ1n) is 5.86. The molecule has 0 saturated heterocycles. The molecule has 0 fully saturated rings. The van der Waals surface area contributed by atoms with Crippen LogP contribution < -0.4 is 11.5 Å². The number of nitrogens with two attached hydrogens (primary N) is 2. The molecule has 0 saturated carbocycles. The van der Waals surface area contributed by atoms with Crippen LogP contribution in [0.5, 0.6) is 0 Å². The van der Waals surface area contributed by atoms with E-state index in [0.717, 1.165) is 32.1 Å². The van der Waals surface area contributed by atoms with Gasteiger partial charge in [-0.05, 0) is 12.8 Å². The summed E-state index contributed by atoms with van der Waals surface area (Å²) in [6.45, 7) is 1.57. The van der Waals surface area contributed by atoms with Crippen LogP contribution in [-0.4, -0.2) is 37.9 Å². The van der Waals surface area contributed by atoms with E-state index in [4.69, 9.17) is 21.3 Å². The van der Waals surface area contributed by atoms with E-state index in [2.05, 4.69) is 4.99 Å². The fraction of sp³-hybridized carbons (Fsp3) is 0.909. The first-order valence-corrected chi connectivity index (χ1v) is 5.86. The van der Waals surface area contributed by atoms with Gasteiger partial charge in [-0.25, -0.2) is 0 Å². The van der Waals surface area contributed by atoms with Crippen molar-refractivity contribution < 1.29 is 9.84 Å². The lowest BCUT2D eigenvalue weighted by Crippen LogP contribution is -2.22. The molecule has 0 bridgehead atoms. The Morgan fingerprint density at radius 2 is 1.94 bits per heavy atom. The summed E-state index contributed by atoms with van der Waals surface area (Å²) in [6.07, 6.45) is 5.44. The Morgan fingerprint density at radius 1 is 1.25 bits per heavy atom. The first kappa shape index (κ1) is 15.2. The molecule has 96 valence electrons. The van der Waals surface area contributed by atoms with E-state index >= 15 is 0 Å². The molecule has 5 nitrogen and oxygen atoms in total. The average Bonchev–Trinajstić information content (AvgIpc) is 2.26. The van der Waals surface area contributed by atoms with Crippen LogP contribution >= 0.6 is 0 Å². The number of unbranched alkanes of at least 4 members (excludes halogenated alkanes) is 3. The normalized spacial score (nSPS) is 12.4. The summed E-state index contributed by atoms with van der Waals surface area (Å²) in [4.78, 5) is 3.92. The van der Waals surface area contributed by atoms with Crippen molar-refractivity contribution in [2.45, 2.75) is 32.1 Å². The Balaban J connectivity index is 3.28. The highest BCUT2D eigenvalue weighted by atomic mass is 16.5. The van der Waals surface area contributed by atoms with Crippen molar-refractivity contribution in [3.8, 4) is 0 Å². The molecule has 0 aromatic heterocycles. The van der Waals surface area contributed by atoms with Crippen molar-refractivity contribution >= 4 is 5.96 Å². The Morgan fingerprint density at radius 3 is 2.50 bits per heavy atom. The van der Waals surface area contributed by atoms with E-state index < -0.39 is 0 Å². The fourth-order valence-corrected chi connectivity index (χ4v) is 1.57. The van der Waals surface area contributed by atoms with Crippen LogP contribution in [0.2, 0.25) is 0 Å². The summed E-state index contributed by atoms with van der Waals surface area (Å²) in [5, 5.41) is 9.03. The van der Waals surface area contributed by atoms with Crippen molar-refractivity contribution in [3.63, 3.8) is 0 Å². The molecule has 0 aliphatic carbocycles. The molecule has 1 unspecified atom stereocenters. The maximum absolute atomic E-state index is 9.03. The maximum atomic E-state index is 9.03.